The first-order valence-corrected chi connectivity index (χ1v) is 12.2. The molecule has 0 saturated carbocycles. The van der Waals surface area contributed by atoms with E-state index in [4.69, 9.17) is 0 Å². The normalized spacial score (nSPS) is 24.1. The average Bonchev–Trinajstić information content (AvgIpc) is 3.49. The van der Waals surface area contributed by atoms with Crippen LogP contribution in [-0.4, -0.2) is 27.4 Å². The summed E-state index contributed by atoms with van der Waals surface area (Å²) in [5.74, 6) is -0.537. The van der Waals surface area contributed by atoms with Crippen molar-refractivity contribution in [2.75, 3.05) is 0 Å². The standard InChI is InChI=1S/C28H27FN6O/c1-4-28(21-16-30-34-25(21)32-22-14-27(2,3)33-26(36)23(22)28)18-10-8-9-17(13-18)20-15-31-35(24(20)29)19-11-6-5-7-12-19/h5-13,15-16,25,32H,4,14H2,1-3H3,(H,33,36)/t25?,28-/m0/s1. The van der Waals surface area contributed by atoms with Gasteiger partial charge in [0.05, 0.1) is 34.6 Å². The molecular formula is C28H27FN6O. The lowest BCUT2D eigenvalue weighted by atomic mass is 9.62. The molecule has 1 unspecified atom stereocenters. The van der Waals surface area contributed by atoms with Gasteiger partial charge in [0.2, 0.25) is 5.95 Å². The summed E-state index contributed by atoms with van der Waals surface area (Å²) in [6.07, 6.45) is 4.27. The van der Waals surface area contributed by atoms with E-state index in [0.29, 0.717) is 35.2 Å². The largest absolute Gasteiger partial charge is 0.362 e. The van der Waals surface area contributed by atoms with Crippen molar-refractivity contribution >= 4 is 5.91 Å². The van der Waals surface area contributed by atoms with E-state index in [1.807, 2.05) is 68.4 Å². The van der Waals surface area contributed by atoms with Crippen molar-refractivity contribution in [3.8, 4) is 16.8 Å². The summed E-state index contributed by atoms with van der Waals surface area (Å²) in [4.78, 5) is 13.6. The van der Waals surface area contributed by atoms with Gasteiger partial charge in [0.25, 0.3) is 5.91 Å². The Morgan fingerprint density at radius 1 is 1.14 bits per heavy atom. The molecule has 6 rings (SSSR count). The number of nitrogens with one attached hydrogen (secondary N) is 2. The Hall–Kier alpha value is -4.07. The summed E-state index contributed by atoms with van der Waals surface area (Å²) < 4.78 is 16.9. The van der Waals surface area contributed by atoms with E-state index in [1.165, 1.54) is 4.68 Å². The molecule has 0 radical (unpaired) electrons. The molecular weight excluding hydrogens is 455 g/mol. The van der Waals surface area contributed by atoms with Crippen LogP contribution >= 0.6 is 0 Å². The zero-order valence-electron chi connectivity index (χ0n) is 20.4. The number of carbonyl (C=O) groups excluding carboxylic acids is 1. The Morgan fingerprint density at radius 2 is 1.94 bits per heavy atom. The number of carbonyl (C=O) groups is 1. The van der Waals surface area contributed by atoms with E-state index in [0.717, 1.165) is 16.8 Å². The predicted molar refractivity (Wildman–Crippen MR) is 135 cm³/mol. The second kappa shape index (κ2) is 7.98. The quantitative estimate of drug-likeness (QED) is 0.539. The van der Waals surface area contributed by atoms with Crippen molar-refractivity contribution in [3.63, 3.8) is 0 Å². The summed E-state index contributed by atoms with van der Waals surface area (Å²) in [7, 11) is 0. The third-order valence-electron chi connectivity index (χ3n) is 7.41. The number of fused-ring (bicyclic) bond motifs is 1. The Balaban J connectivity index is 1.51. The lowest BCUT2D eigenvalue weighted by Crippen LogP contribution is -2.58. The topological polar surface area (TPSA) is 83.7 Å². The molecule has 0 saturated heterocycles. The van der Waals surface area contributed by atoms with Crippen molar-refractivity contribution < 1.29 is 9.18 Å². The second-order valence-electron chi connectivity index (χ2n) is 10.2. The van der Waals surface area contributed by atoms with Gasteiger partial charge in [-0.2, -0.15) is 19.7 Å². The van der Waals surface area contributed by atoms with Crippen LogP contribution in [0.25, 0.3) is 16.8 Å². The fourth-order valence-corrected chi connectivity index (χ4v) is 5.84. The molecule has 2 aromatic carbocycles. The highest BCUT2D eigenvalue weighted by atomic mass is 19.1. The van der Waals surface area contributed by atoms with Crippen LogP contribution < -0.4 is 10.6 Å². The second-order valence-corrected chi connectivity index (χ2v) is 10.2. The van der Waals surface area contributed by atoms with Gasteiger partial charge in [-0.05, 0) is 49.6 Å². The molecule has 0 spiro atoms. The molecule has 0 fully saturated rings. The summed E-state index contributed by atoms with van der Waals surface area (Å²) in [6, 6.07) is 17.0. The van der Waals surface area contributed by atoms with Crippen molar-refractivity contribution in [2.24, 2.45) is 10.2 Å². The number of hydrogen-bond donors (Lipinski definition) is 2. The predicted octanol–water partition coefficient (Wildman–Crippen LogP) is 5.16. The fraction of sp³-hybridized carbons (Fsp3) is 0.286. The van der Waals surface area contributed by atoms with Gasteiger partial charge in [0.15, 0.2) is 6.17 Å². The van der Waals surface area contributed by atoms with E-state index in [1.54, 1.807) is 12.4 Å². The van der Waals surface area contributed by atoms with E-state index in [-0.39, 0.29) is 17.6 Å². The number of benzene rings is 2. The third-order valence-corrected chi connectivity index (χ3v) is 7.41. The molecule has 7 nitrogen and oxygen atoms in total. The summed E-state index contributed by atoms with van der Waals surface area (Å²) in [6.45, 7) is 6.10. The van der Waals surface area contributed by atoms with Gasteiger partial charge in [-0.3, -0.25) is 4.79 Å². The lowest BCUT2D eigenvalue weighted by Gasteiger charge is -2.48. The molecule has 2 atom stereocenters. The van der Waals surface area contributed by atoms with Gasteiger partial charge in [-0.25, -0.2) is 4.68 Å². The SMILES string of the molecule is CC[C@]1(c2cccc(-c3cnn(-c4ccccc4)c3F)c2)C2=CN=NC2NC2=C1C(=O)NC(C)(C)C2. The number of azo groups is 1. The minimum atomic E-state index is -0.739. The number of aromatic nitrogens is 2. The fourth-order valence-electron chi connectivity index (χ4n) is 5.84. The van der Waals surface area contributed by atoms with Crippen LogP contribution in [0.2, 0.25) is 0 Å². The molecule has 0 aliphatic carbocycles. The van der Waals surface area contributed by atoms with E-state index >= 15 is 4.39 Å². The van der Waals surface area contributed by atoms with Crippen LogP contribution in [0, 0.1) is 5.95 Å². The molecule has 4 heterocycles. The highest BCUT2D eigenvalue weighted by Gasteiger charge is 2.53. The van der Waals surface area contributed by atoms with Crippen LogP contribution in [0.15, 0.2) is 94.1 Å². The highest BCUT2D eigenvalue weighted by Crippen LogP contribution is 2.51. The van der Waals surface area contributed by atoms with E-state index < -0.39 is 11.4 Å². The van der Waals surface area contributed by atoms with Crippen LogP contribution in [0.3, 0.4) is 0 Å². The number of amides is 1. The third kappa shape index (κ3) is 3.24. The summed E-state index contributed by atoms with van der Waals surface area (Å²) in [5.41, 5.74) is 4.04. The van der Waals surface area contributed by atoms with Crippen LogP contribution in [0.5, 0.6) is 0 Å². The monoisotopic (exact) mass is 482 g/mol. The Kier molecular flexibility index (Phi) is 4.96. The molecule has 182 valence electrons. The zero-order valence-corrected chi connectivity index (χ0v) is 20.4. The number of hydrogen-bond acceptors (Lipinski definition) is 5. The number of rotatable bonds is 4. The van der Waals surface area contributed by atoms with Gasteiger partial charge in [-0.1, -0.05) is 43.3 Å². The Morgan fingerprint density at radius 3 is 2.72 bits per heavy atom. The smallest absolute Gasteiger partial charge is 0.250 e. The zero-order chi connectivity index (χ0) is 25.1. The Labute approximate surface area is 208 Å². The van der Waals surface area contributed by atoms with Crippen LogP contribution in [-0.2, 0) is 10.2 Å². The first-order valence-electron chi connectivity index (χ1n) is 12.2. The van der Waals surface area contributed by atoms with Crippen molar-refractivity contribution in [2.45, 2.75) is 50.7 Å². The Bertz CT molecular complexity index is 1470. The maximum Gasteiger partial charge on any atom is 0.250 e. The molecule has 3 aliphatic rings. The van der Waals surface area contributed by atoms with E-state index in [9.17, 15) is 4.79 Å². The van der Waals surface area contributed by atoms with Gasteiger partial charge >= 0.3 is 0 Å². The first-order chi connectivity index (χ1) is 17.3. The van der Waals surface area contributed by atoms with Crippen molar-refractivity contribution in [3.05, 3.63) is 95.3 Å². The highest BCUT2D eigenvalue weighted by molar-refractivity contribution is 6.00. The molecule has 1 amide bonds. The maximum absolute atomic E-state index is 15.6. The van der Waals surface area contributed by atoms with Gasteiger partial charge < -0.3 is 10.6 Å². The molecule has 2 N–H and O–H groups in total. The van der Waals surface area contributed by atoms with Crippen LogP contribution in [0.1, 0.15) is 39.2 Å². The number of para-hydroxylation sites is 1. The minimum absolute atomic E-state index is 0.102. The van der Waals surface area contributed by atoms with Gasteiger partial charge in [0.1, 0.15) is 0 Å². The minimum Gasteiger partial charge on any atom is -0.362 e. The molecule has 36 heavy (non-hydrogen) atoms. The van der Waals surface area contributed by atoms with E-state index in [2.05, 4.69) is 32.9 Å². The number of nitrogens with zero attached hydrogens (tertiary/aromatic N) is 4. The number of halogens is 1. The summed E-state index contributed by atoms with van der Waals surface area (Å²) >= 11 is 0. The average molecular weight is 483 g/mol. The molecule has 3 aliphatic heterocycles. The maximum atomic E-state index is 15.6. The van der Waals surface area contributed by atoms with Gasteiger partial charge in [-0.15, -0.1) is 0 Å². The van der Waals surface area contributed by atoms with Crippen molar-refractivity contribution in [1.29, 1.82) is 0 Å². The lowest BCUT2D eigenvalue weighted by molar-refractivity contribution is -0.120. The molecule has 0 bridgehead atoms. The van der Waals surface area contributed by atoms with Crippen molar-refractivity contribution in [1.82, 2.24) is 20.4 Å². The summed E-state index contributed by atoms with van der Waals surface area (Å²) in [5, 5.41) is 19.6. The van der Waals surface area contributed by atoms with Gasteiger partial charge in [0, 0.05) is 23.2 Å². The molecule has 3 aromatic rings. The molecule has 8 heteroatoms. The van der Waals surface area contributed by atoms with Crippen LogP contribution in [0.4, 0.5) is 4.39 Å². The first kappa shape index (κ1) is 22.4. The molecule has 1 aromatic heterocycles.